The highest BCUT2D eigenvalue weighted by Gasteiger charge is 2.00. The van der Waals surface area contributed by atoms with Gasteiger partial charge in [0.2, 0.25) is 0 Å². The van der Waals surface area contributed by atoms with E-state index in [2.05, 4.69) is 22.6 Å². The van der Waals surface area contributed by atoms with Crippen LogP contribution >= 0.6 is 12.6 Å². The van der Waals surface area contributed by atoms with Gasteiger partial charge >= 0.3 is 0 Å². The van der Waals surface area contributed by atoms with Gasteiger partial charge in [0.1, 0.15) is 0 Å². The molecule has 0 unspecified atom stereocenters. The quantitative estimate of drug-likeness (QED) is 0.515. The van der Waals surface area contributed by atoms with Gasteiger partial charge in [0.15, 0.2) is 12.1 Å². The standard InChI is InChI=1S/C8H6N2OS/c11-4-8-9-6-2-1-5(12)3-7(6)10-8/h1-4,12H,(H,9,10). The lowest BCUT2D eigenvalue weighted by Crippen LogP contribution is -1.78. The van der Waals surface area contributed by atoms with E-state index in [1.165, 1.54) is 0 Å². The Morgan fingerprint density at radius 1 is 1.50 bits per heavy atom. The van der Waals surface area contributed by atoms with E-state index >= 15 is 0 Å². The molecule has 0 atom stereocenters. The van der Waals surface area contributed by atoms with Crippen molar-refractivity contribution >= 4 is 29.9 Å². The Balaban J connectivity index is 2.75. The minimum Gasteiger partial charge on any atom is -0.336 e. The molecule has 0 spiro atoms. The summed E-state index contributed by atoms with van der Waals surface area (Å²) in [6.45, 7) is 0. The average molecular weight is 178 g/mol. The zero-order chi connectivity index (χ0) is 8.55. The molecule has 0 bridgehead atoms. The van der Waals surface area contributed by atoms with Gasteiger partial charge in [0, 0.05) is 4.90 Å². The molecule has 1 heterocycles. The number of benzene rings is 1. The third-order valence-electron chi connectivity index (χ3n) is 1.60. The fourth-order valence-electron chi connectivity index (χ4n) is 1.07. The van der Waals surface area contributed by atoms with Gasteiger partial charge in [-0.3, -0.25) is 4.79 Å². The summed E-state index contributed by atoms with van der Waals surface area (Å²) < 4.78 is 0. The number of aromatic amines is 1. The van der Waals surface area contributed by atoms with Crippen LogP contribution in [-0.2, 0) is 0 Å². The molecule has 0 aliphatic carbocycles. The number of nitrogens with zero attached hydrogens (tertiary/aromatic N) is 1. The van der Waals surface area contributed by atoms with Crippen LogP contribution in [0, 0.1) is 0 Å². The summed E-state index contributed by atoms with van der Waals surface area (Å²) >= 11 is 4.16. The van der Waals surface area contributed by atoms with E-state index in [0.29, 0.717) is 12.1 Å². The Labute approximate surface area is 74.2 Å². The van der Waals surface area contributed by atoms with Gasteiger partial charge in [0.05, 0.1) is 11.0 Å². The number of carbonyl (C=O) groups excluding carboxylic acids is 1. The van der Waals surface area contributed by atoms with E-state index in [-0.39, 0.29) is 0 Å². The molecule has 0 amide bonds. The van der Waals surface area contributed by atoms with Crippen molar-refractivity contribution in [1.29, 1.82) is 0 Å². The first-order valence-corrected chi connectivity index (χ1v) is 3.88. The lowest BCUT2D eigenvalue weighted by molar-refractivity contribution is 0.111. The molecule has 12 heavy (non-hydrogen) atoms. The van der Waals surface area contributed by atoms with Crippen molar-refractivity contribution < 1.29 is 4.79 Å². The Hall–Kier alpha value is -1.29. The van der Waals surface area contributed by atoms with Gasteiger partial charge in [-0.05, 0) is 18.2 Å². The number of imidazole rings is 1. The molecule has 60 valence electrons. The van der Waals surface area contributed by atoms with Crippen molar-refractivity contribution in [2.24, 2.45) is 0 Å². The predicted octanol–water partition coefficient (Wildman–Crippen LogP) is 1.66. The van der Waals surface area contributed by atoms with Crippen LogP contribution in [0.25, 0.3) is 11.0 Å². The van der Waals surface area contributed by atoms with Crippen LogP contribution in [0.1, 0.15) is 10.6 Å². The van der Waals surface area contributed by atoms with E-state index in [9.17, 15) is 4.79 Å². The summed E-state index contributed by atoms with van der Waals surface area (Å²) in [7, 11) is 0. The molecular formula is C8H6N2OS. The Kier molecular flexibility index (Phi) is 1.62. The third-order valence-corrected chi connectivity index (χ3v) is 1.87. The Morgan fingerprint density at radius 3 is 3.08 bits per heavy atom. The summed E-state index contributed by atoms with van der Waals surface area (Å²) in [5.41, 5.74) is 1.62. The van der Waals surface area contributed by atoms with Crippen LogP contribution in [-0.4, -0.2) is 16.3 Å². The van der Waals surface area contributed by atoms with Gasteiger partial charge in [0.25, 0.3) is 0 Å². The maximum absolute atomic E-state index is 10.3. The van der Waals surface area contributed by atoms with Crippen molar-refractivity contribution in [3.8, 4) is 0 Å². The van der Waals surface area contributed by atoms with Crippen molar-refractivity contribution in [3.63, 3.8) is 0 Å². The van der Waals surface area contributed by atoms with E-state index in [0.717, 1.165) is 15.9 Å². The van der Waals surface area contributed by atoms with Gasteiger partial charge in [-0.25, -0.2) is 4.98 Å². The van der Waals surface area contributed by atoms with Crippen molar-refractivity contribution in [1.82, 2.24) is 9.97 Å². The van der Waals surface area contributed by atoms with Crippen LogP contribution in [0.15, 0.2) is 23.1 Å². The van der Waals surface area contributed by atoms with Crippen LogP contribution in [0.3, 0.4) is 0 Å². The van der Waals surface area contributed by atoms with Gasteiger partial charge < -0.3 is 4.98 Å². The second-order valence-corrected chi connectivity index (χ2v) is 2.96. The lowest BCUT2D eigenvalue weighted by Gasteiger charge is -1.88. The minimum absolute atomic E-state index is 0.351. The van der Waals surface area contributed by atoms with Crippen LogP contribution in [0.5, 0.6) is 0 Å². The zero-order valence-corrected chi connectivity index (χ0v) is 7.01. The summed E-state index contributed by atoms with van der Waals surface area (Å²) in [4.78, 5) is 18.1. The first kappa shape index (κ1) is 7.36. The number of hydrogen-bond acceptors (Lipinski definition) is 3. The molecule has 0 fully saturated rings. The molecule has 0 radical (unpaired) electrons. The minimum atomic E-state index is 0.351. The van der Waals surface area contributed by atoms with Gasteiger partial charge in [-0.1, -0.05) is 0 Å². The molecule has 0 aliphatic heterocycles. The first-order valence-electron chi connectivity index (χ1n) is 3.43. The van der Waals surface area contributed by atoms with Crippen LogP contribution < -0.4 is 0 Å². The predicted molar refractivity (Wildman–Crippen MR) is 48.7 cm³/mol. The normalized spacial score (nSPS) is 10.4. The highest BCUT2D eigenvalue weighted by Crippen LogP contribution is 2.15. The Bertz CT molecular complexity index is 436. The van der Waals surface area contributed by atoms with Gasteiger partial charge in [-0.2, -0.15) is 0 Å². The number of fused-ring (bicyclic) bond motifs is 1. The summed E-state index contributed by atoms with van der Waals surface area (Å²) in [5.74, 6) is 0.351. The molecule has 1 N–H and O–H groups in total. The molecule has 1 aromatic carbocycles. The highest BCUT2D eigenvalue weighted by atomic mass is 32.1. The van der Waals surface area contributed by atoms with Crippen molar-refractivity contribution in [2.45, 2.75) is 4.90 Å². The molecule has 4 heteroatoms. The number of carbonyl (C=O) groups is 1. The summed E-state index contributed by atoms with van der Waals surface area (Å²) in [6, 6.07) is 5.49. The molecule has 3 nitrogen and oxygen atoms in total. The van der Waals surface area contributed by atoms with Crippen molar-refractivity contribution in [3.05, 3.63) is 24.0 Å². The third kappa shape index (κ3) is 1.10. The molecule has 2 aromatic rings. The topological polar surface area (TPSA) is 45.8 Å². The number of hydrogen-bond donors (Lipinski definition) is 2. The van der Waals surface area contributed by atoms with E-state index in [4.69, 9.17) is 0 Å². The fourth-order valence-corrected chi connectivity index (χ4v) is 1.28. The number of nitrogens with one attached hydrogen (secondary N) is 1. The fraction of sp³-hybridized carbons (Fsp3) is 0. The zero-order valence-electron chi connectivity index (χ0n) is 6.11. The molecule has 2 rings (SSSR count). The largest absolute Gasteiger partial charge is 0.336 e. The van der Waals surface area contributed by atoms with Crippen molar-refractivity contribution in [2.75, 3.05) is 0 Å². The lowest BCUT2D eigenvalue weighted by atomic mass is 10.3. The molecular weight excluding hydrogens is 172 g/mol. The van der Waals surface area contributed by atoms with E-state index < -0.39 is 0 Å². The molecule has 1 aromatic heterocycles. The molecule has 0 saturated carbocycles. The smallest absolute Gasteiger partial charge is 0.185 e. The second kappa shape index (κ2) is 2.64. The maximum atomic E-state index is 10.3. The molecule has 0 saturated heterocycles. The van der Waals surface area contributed by atoms with E-state index in [1.54, 1.807) is 0 Å². The number of rotatable bonds is 1. The van der Waals surface area contributed by atoms with Crippen LogP contribution in [0.2, 0.25) is 0 Å². The number of thiol groups is 1. The highest BCUT2D eigenvalue weighted by molar-refractivity contribution is 7.80. The number of aromatic nitrogens is 2. The average Bonchev–Trinajstić information content (AvgIpc) is 2.46. The second-order valence-electron chi connectivity index (χ2n) is 2.44. The van der Waals surface area contributed by atoms with E-state index in [1.807, 2.05) is 18.2 Å². The SMILES string of the molecule is O=Cc1nc2ccc(S)cc2[nH]1. The maximum Gasteiger partial charge on any atom is 0.185 e. The summed E-state index contributed by atoms with van der Waals surface area (Å²) in [5, 5.41) is 0. The first-order chi connectivity index (χ1) is 5.79. The van der Waals surface area contributed by atoms with Gasteiger partial charge in [-0.15, -0.1) is 12.6 Å². The molecule has 0 aliphatic rings. The number of H-pyrrole nitrogens is 1. The number of aldehydes is 1. The summed E-state index contributed by atoms with van der Waals surface area (Å²) in [6.07, 6.45) is 0.693. The monoisotopic (exact) mass is 178 g/mol. The Morgan fingerprint density at radius 2 is 2.33 bits per heavy atom. The van der Waals surface area contributed by atoms with Crippen LogP contribution in [0.4, 0.5) is 0 Å².